The second-order valence-corrected chi connectivity index (χ2v) is 7.09. The standard InChI is InChI=1S/C19H26N4O/c1-2-24-14-18-12-22(9-16-4-3-7-20-8-16)11-17-13-23(21-19(17)18)10-15-5-6-15/h3-4,7-8,13,15,18H,2,5-6,9-12,14H2,1H3. The number of ether oxygens (including phenoxy) is 1. The van der Waals surface area contributed by atoms with Gasteiger partial charge in [-0.2, -0.15) is 5.10 Å². The van der Waals surface area contributed by atoms with Gasteiger partial charge >= 0.3 is 0 Å². The first kappa shape index (κ1) is 15.8. The van der Waals surface area contributed by atoms with E-state index in [1.807, 2.05) is 18.5 Å². The van der Waals surface area contributed by atoms with Crippen molar-refractivity contribution in [2.45, 2.75) is 45.3 Å². The van der Waals surface area contributed by atoms with Crippen molar-refractivity contribution in [2.24, 2.45) is 5.92 Å². The summed E-state index contributed by atoms with van der Waals surface area (Å²) in [6.07, 6.45) is 8.78. The highest BCUT2D eigenvalue weighted by Gasteiger charge is 2.30. The second kappa shape index (κ2) is 7.03. The molecule has 0 spiro atoms. The number of hydrogen-bond acceptors (Lipinski definition) is 4. The van der Waals surface area contributed by atoms with Gasteiger partial charge in [0, 0.05) is 62.9 Å². The van der Waals surface area contributed by atoms with Gasteiger partial charge in [0.05, 0.1) is 12.3 Å². The molecule has 2 aromatic rings. The average Bonchev–Trinajstić information content (AvgIpc) is 3.31. The molecule has 1 aliphatic heterocycles. The summed E-state index contributed by atoms with van der Waals surface area (Å²) >= 11 is 0. The first-order valence-corrected chi connectivity index (χ1v) is 9.07. The Morgan fingerprint density at radius 3 is 3.00 bits per heavy atom. The maximum atomic E-state index is 5.74. The van der Waals surface area contributed by atoms with E-state index in [2.05, 4.69) is 33.8 Å². The van der Waals surface area contributed by atoms with E-state index in [0.717, 1.165) is 45.3 Å². The van der Waals surface area contributed by atoms with Gasteiger partial charge in [-0.3, -0.25) is 14.6 Å². The molecule has 2 aliphatic rings. The van der Waals surface area contributed by atoms with Crippen LogP contribution < -0.4 is 0 Å². The van der Waals surface area contributed by atoms with Crippen molar-refractivity contribution < 1.29 is 4.74 Å². The van der Waals surface area contributed by atoms with Gasteiger partial charge in [0.1, 0.15) is 0 Å². The first-order chi connectivity index (χ1) is 11.8. The zero-order valence-corrected chi connectivity index (χ0v) is 14.4. The lowest BCUT2D eigenvalue weighted by atomic mass is 9.97. The van der Waals surface area contributed by atoms with E-state index >= 15 is 0 Å². The van der Waals surface area contributed by atoms with Gasteiger partial charge in [-0.15, -0.1) is 0 Å². The third kappa shape index (κ3) is 3.68. The van der Waals surface area contributed by atoms with E-state index in [1.165, 1.54) is 29.7 Å². The van der Waals surface area contributed by atoms with Crippen molar-refractivity contribution in [3.8, 4) is 0 Å². The van der Waals surface area contributed by atoms with E-state index in [4.69, 9.17) is 9.84 Å². The summed E-state index contributed by atoms with van der Waals surface area (Å²) in [5, 5.41) is 4.90. The lowest BCUT2D eigenvalue weighted by molar-refractivity contribution is 0.104. The molecule has 5 nitrogen and oxygen atoms in total. The predicted octanol–water partition coefficient (Wildman–Crippen LogP) is 2.82. The average molecular weight is 326 g/mol. The number of hydrogen-bond donors (Lipinski definition) is 0. The Morgan fingerprint density at radius 1 is 1.33 bits per heavy atom. The summed E-state index contributed by atoms with van der Waals surface area (Å²) in [6, 6.07) is 4.16. The van der Waals surface area contributed by atoms with E-state index in [9.17, 15) is 0 Å². The third-order valence-corrected chi connectivity index (χ3v) is 4.92. The summed E-state index contributed by atoms with van der Waals surface area (Å²) in [7, 11) is 0. The molecule has 4 rings (SSSR count). The van der Waals surface area contributed by atoms with Crippen molar-refractivity contribution >= 4 is 0 Å². The monoisotopic (exact) mass is 326 g/mol. The number of pyridine rings is 1. The van der Waals surface area contributed by atoms with Crippen LogP contribution in [0.25, 0.3) is 0 Å². The third-order valence-electron chi connectivity index (χ3n) is 4.92. The van der Waals surface area contributed by atoms with Crippen LogP contribution in [0.5, 0.6) is 0 Å². The molecule has 0 radical (unpaired) electrons. The van der Waals surface area contributed by atoms with E-state index in [0.29, 0.717) is 5.92 Å². The molecule has 2 aromatic heterocycles. The van der Waals surface area contributed by atoms with E-state index in [-0.39, 0.29) is 0 Å². The SMILES string of the molecule is CCOCC1CN(Cc2cccnc2)Cc2cn(CC3CC3)nc21. The highest BCUT2D eigenvalue weighted by atomic mass is 16.5. The Hall–Kier alpha value is -1.72. The molecule has 0 amide bonds. The van der Waals surface area contributed by atoms with Crippen molar-refractivity contribution in [3.63, 3.8) is 0 Å². The molecule has 1 aliphatic carbocycles. The van der Waals surface area contributed by atoms with Crippen LogP contribution >= 0.6 is 0 Å². The molecule has 0 N–H and O–H groups in total. The largest absolute Gasteiger partial charge is 0.381 e. The number of nitrogens with zero attached hydrogens (tertiary/aromatic N) is 4. The van der Waals surface area contributed by atoms with Gasteiger partial charge in [0.15, 0.2) is 0 Å². The molecule has 128 valence electrons. The van der Waals surface area contributed by atoms with Gasteiger partial charge in [0.25, 0.3) is 0 Å². The van der Waals surface area contributed by atoms with Crippen molar-refractivity contribution in [1.29, 1.82) is 0 Å². The number of rotatable bonds is 7. The van der Waals surface area contributed by atoms with E-state index in [1.54, 1.807) is 0 Å². The summed E-state index contributed by atoms with van der Waals surface area (Å²) in [6.45, 7) is 7.56. The molecule has 1 unspecified atom stereocenters. The number of aromatic nitrogens is 3. The Balaban J connectivity index is 1.51. The lowest BCUT2D eigenvalue weighted by Gasteiger charge is -2.31. The normalized spacial score (nSPS) is 21.0. The van der Waals surface area contributed by atoms with Gasteiger partial charge in [-0.25, -0.2) is 0 Å². The van der Waals surface area contributed by atoms with Crippen LogP contribution in [0.2, 0.25) is 0 Å². The minimum Gasteiger partial charge on any atom is -0.381 e. The fourth-order valence-corrected chi connectivity index (χ4v) is 3.57. The van der Waals surface area contributed by atoms with Crippen LogP contribution in [0, 0.1) is 5.92 Å². The maximum absolute atomic E-state index is 5.74. The lowest BCUT2D eigenvalue weighted by Crippen LogP contribution is -2.34. The van der Waals surface area contributed by atoms with Gasteiger partial charge in [-0.1, -0.05) is 6.07 Å². The first-order valence-electron chi connectivity index (χ1n) is 9.07. The van der Waals surface area contributed by atoms with Gasteiger partial charge in [-0.05, 0) is 37.3 Å². The summed E-state index contributed by atoms with van der Waals surface area (Å²) in [5.41, 5.74) is 3.89. The molecule has 24 heavy (non-hydrogen) atoms. The van der Waals surface area contributed by atoms with E-state index < -0.39 is 0 Å². The molecule has 5 heteroatoms. The maximum Gasteiger partial charge on any atom is 0.0736 e. The topological polar surface area (TPSA) is 43.2 Å². The van der Waals surface area contributed by atoms with Crippen molar-refractivity contribution in [2.75, 3.05) is 19.8 Å². The van der Waals surface area contributed by atoms with Gasteiger partial charge < -0.3 is 4.74 Å². The number of fused-ring (bicyclic) bond motifs is 1. The van der Waals surface area contributed by atoms with Crippen LogP contribution in [0.4, 0.5) is 0 Å². The highest BCUT2D eigenvalue weighted by Crippen LogP contribution is 2.33. The molecule has 1 atom stereocenters. The Labute approximate surface area is 143 Å². The van der Waals surface area contributed by atoms with Crippen molar-refractivity contribution in [3.05, 3.63) is 47.5 Å². The van der Waals surface area contributed by atoms with Crippen LogP contribution in [0.15, 0.2) is 30.7 Å². The molecule has 0 saturated heterocycles. The highest BCUT2D eigenvalue weighted by molar-refractivity contribution is 5.25. The predicted molar refractivity (Wildman–Crippen MR) is 92.5 cm³/mol. The zero-order chi connectivity index (χ0) is 16.4. The van der Waals surface area contributed by atoms with Crippen LogP contribution in [0.3, 0.4) is 0 Å². The fourth-order valence-electron chi connectivity index (χ4n) is 3.57. The quantitative estimate of drug-likeness (QED) is 0.785. The second-order valence-electron chi connectivity index (χ2n) is 7.09. The molecular formula is C19H26N4O. The minimum atomic E-state index is 0.367. The van der Waals surface area contributed by atoms with Gasteiger partial charge in [0.2, 0.25) is 0 Å². The molecule has 1 fully saturated rings. The van der Waals surface area contributed by atoms with Crippen LogP contribution in [-0.4, -0.2) is 39.4 Å². The Kier molecular flexibility index (Phi) is 4.63. The summed E-state index contributed by atoms with van der Waals surface area (Å²) in [5.74, 6) is 1.22. The van der Waals surface area contributed by atoms with Crippen LogP contribution in [-0.2, 0) is 24.4 Å². The minimum absolute atomic E-state index is 0.367. The fraction of sp³-hybridized carbons (Fsp3) is 0.579. The molecule has 0 aromatic carbocycles. The molecule has 1 saturated carbocycles. The Morgan fingerprint density at radius 2 is 2.25 bits per heavy atom. The Bertz CT molecular complexity index is 665. The molecule has 0 bridgehead atoms. The summed E-state index contributed by atoms with van der Waals surface area (Å²) in [4.78, 5) is 6.73. The molecular weight excluding hydrogens is 300 g/mol. The van der Waals surface area contributed by atoms with Crippen LogP contribution in [0.1, 0.15) is 42.5 Å². The summed E-state index contributed by atoms with van der Waals surface area (Å²) < 4.78 is 7.92. The zero-order valence-electron chi connectivity index (χ0n) is 14.4. The smallest absolute Gasteiger partial charge is 0.0736 e. The van der Waals surface area contributed by atoms with Crippen molar-refractivity contribution in [1.82, 2.24) is 19.7 Å². The molecule has 3 heterocycles.